The SMILES string of the molecule is Cc1ccc(OCCNC(=O)Nc2cccc(Cl)c2Cl)cc1. The predicted octanol–water partition coefficient (Wildman–Crippen LogP) is 4.50. The minimum absolute atomic E-state index is 0.315. The molecule has 0 aromatic heterocycles. The molecule has 116 valence electrons. The van der Waals surface area contributed by atoms with E-state index in [0.29, 0.717) is 28.9 Å². The molecule has 0 spiro atoms. The number of aryl methyl sites for hydroxylation is 1. The highest BCUT2D eigenvalue weighted by Gasteiger charge is 2.07. The first-order chi connectivity index (χ1) is 10.6. The molecule has 0 unspecified atom stereocenters. The summed E-state index contributed by atoms with van der Waals surface area (Å²) in [5.41, 5.74) is 1.63. The summed E-state index contributed by atoms with van der Waals surface area (Å²) in [7, 11) is 0. The van der Waals surface area contributed by atoms with Crippen molar-refractivity contribution >= 4 is 34.9 Å². The van der Waals surface area contributed by atoms with Crippen molar-refractivity contribution in [2.45, 2.75) is 6.92 Å². The lowest BCUT2D eigenvalue weighted by Crippen LogP contribution is -2.32. The molecular weight excluding hydrogens is 323 g/mol. The molecule has 2 amide bonds. The lowest BCUT2D eigenvalue weighted by atomic mass is 10.2. The Bertz CT molecular complexity index is 645. The summed E-state index contributed by atoms with van der Waals surface area (Å²) in [6.07, 6.45) is 0. The van der Waals surface area contributed by atoms with Gasteiger partial charge in [0.1, 0.15) is 12.4 Å². The third-order valence-corrected chi connectivity index (χ3v) is 3.70. The third-order valence-electron chi connectivity index (χ3n) is 2.88. The molecule has 0 aliphatic heterocycles. The number of ether oxygens (including phenoxy) is 1. The van der Waals surface area contributed by atoms with E-state index in [2.05, 4.69) is 10.6 Å². The van der Waals surface area contributed by atoms with Crippen molar-refractivity contribution in [1.29, 1.82) is 0 Å². The van der Waals surface area contributed by atoms with Gasteiger partial charge in [-0.3, -0.25) is 0 Å². The highest BCUT2D eigenvalue weighted by Crippen LogP contribution is 2.29. The van der Waals surface area contributed by atoms with Crippen LogP contribution in [0, 0.1) is 6.92 Å². The van der Waals surface area contributed by atoms with E-state index in [-0.39, 0.29) is 6.03 Å². The molecule has 2 aromatic rings. The van der Waals surface area contributed by atoms with Gasteiger partial charge in [-0.2, -0.15) is 0 Å². The van der Waals surface area contributed by atoms with Gasteiger partial charge in [0.15, 0.2) is 0 Å². The third kappa shape index (κ3) is 4.83. The number of halogens is 2. The molecule has 4 nitrogen and oxygen atoms in total. The van der Waals surface area contributed by atoms with Crippen molar-refractivity contribution in [2.75, 3.05) is 18.5 Å². The fourth-order valence-corrected chi connectivity index (χ4v) is 2.08. The number of anilines is 1. The van der Waals surface area contributed by atoms with Crippen LogP contribution < -0.4 is 15.4 Å². The Labute approximate surface area is 139 Å². The van der Waals surface area contributed by atoms with Gasteiger partial charge in [0.2, 0.25) is 0 Å². The van der Waals surface area contributed by atoms with Gasteiger partial charge in [0.25, 0.3) is 0 Å². The van der Waals surface area contributed by atoms with E-state index in [1.807, 2.05) is 31.2 Å². The van der Waals surface area contributed by atoms with E-state index in [4.69, 9.17) is 27.9 Å². The van der Waals surface area contributed by atoms with Crippen LogP contribution in [0.15, 0.2) is 42.5 Å². The summed E-state index contributed by atoms with van der Waals surface area (Å²) in [6.45, 7) is 2.76. The van der Waals surface area contributed by atoms with Crippen molar-refractivity contribution in [1.82, 2.24) is 5.32 Å². The van der Waals surface area contributed by atoms with Crippen LogP contribution in [0.5, 0.6) is 5.75 Å². The van der Waals surface area contributed by atoms with Gasteiger partial charge < -0.3 is 15.4 Å². The first-order valence-electron chi connectivity index (χ1n) is 6.74. The number of rotatable bonds is 5. The van der Waals surface area contributed by atoms with E-state index in [9.17, 15) is 4.79 Å². The Balaban J connectivity index is 1.74. The van der Waals surface area contributed by atoms with Gasteiger partial charge in [-0.05, 0) is 31.2 Å². The normalized spacial score (nSPS) is 10.1. The zero-order valence-corrected chi connectivity index (χ0v) is 13.5. The Morgan fingerprint density at radius 1 is 1.14 bits per heavy atom. The summed E-state index contributed by atoms with van der Waals surface area (Å²) in [6, 6.07) is 12.4. The molecule has 0 saturated carbocycles. The van der Waals surface area contributed by atoms with Gasteiger partial charge >= 0.3 is 6.03 Å². The van der Waals surface area contributed by atoms with Crippen molar-refractivity contribution in [3.8, 4) is 5.75 Å². The molecule has 2 aromatic carbocycles. The van der Waals surface area contributed by atoms with Crippen LogP contribution in [-0.4, -0.2) is 19.2 Å². The Kier molecular flexibility index (Phi) is 5.92. The maximum atomic E-state index is 11.8. The average Bonchev–Trinajstić information content (AvgIpc) is 2.50. The number of urea groups is 1. The topological polar surface area (TPSA) is 50.4 Å². The molecule has 2 N–H and O–H groups in total. The van der Waals surface area contributed by atoms with Crippen molar-refractivity contribution in [3.63, 3.8) is 0 Å². The fourth-order valence-electron chi connectivity index (χ4n) is 1.73. The van der Waals surface area contributed by atoms with Crippen LogP contribution in [0.2, 0.25) is 10.0 Å². The van der Waals surface area contributed by atoms with Gasteiger partial charge in [-0.25, -0.2) is 4.79 Å². The Morgan fingerprint density at radius 2 is 1.86 bits per heavy atom. The molecule has 0 atom stereocenters. The Hall–Kier alpha value is -1.91. The van der Waals surface area contributed by atoms with Crippen molar-refractivity contribution in [3.05, 3.63) is 58.1 Å². The van der Waals surface area contributed by atoms with Crippen molar-refractivity contribution in [2.24, 2.45) is 0 Å². The second-order valence-electron chi connectivity index (χ2n) is 4.64. The highest BCUT2D eigenvalue weighted by atomic mass is 35.5. The summed E-state index contributed by atoms with van der Waals surface area (Å²) in [4.78, 5) is 11.8. The zero-order valence-electron chi connectivity index (χ0n) is 12.0. The first-order valence-corrected chi connectivity index (χ1v) is 7.50. The lowest BCUT2D eigenvalue weighted by Gasteiger charge is -2.10. The van der Waals surface area contributed by atoms with Crippen LogP contribution in [0.4, 0.5) is 10.5 Å². The van der Waals surface area contributed by atoms with Crippen LogP contribution in [0.3, 0.4) is 0 Å². The molecule has 22 heavy (non-hydrogen) atoms. The van der Waals surface area contributed by atoms with E-state index in [0.717, 1.165) is 5.75 Å². The molecule has 6 heteroatoms. The second kappa shape index (κ2) is 7.92. The molecular formula is C16H16Cl2N2O2. The summed E-state index contributed by atoms with van der Waals surface area (Å²) >= 11 is 11.9. The van der Waals surface area contributed by atoms with E-state index in [1.54, 1.807) is 18.2 Å². The number of amides is 2. The molecule has 0 radical (unpaired) electrons. The van der Waals surface area contributed by atoms with Crippen LogP contribution >= 0.6 is 23.2 Å². The molecule has 2 rings (SSSR count). The molecule has 0 bridgehead atoms. The number of benzene rings is 2. The second-order valence-corrected chi connectivity index (χ2v) is 5.43. The summed E-state index contributed by atoms with van der Waals surface area (Å²) in [5, 5.41) is 6.02. The summed E-state index contributed by atoms with van der Waals surface area (Å²) in [5.74, 6) is 0.769. The number of carbonyl (C=O) groups excluding carboxylic acids is 1. The first kappa shape index (κ1) is 16.5. The van der Waals surface area contributed by atoms with Crippen LogP contribution in [-0.2, 0) is 0 Å². The number of hydrogen-bond acceptors (Lipinski definition) is 2. The maximum absolute atomic E-state index is 11.8. The van der Waals surface area contributed by atoms with Crippen molar-refractivity contribution < 1.29 is 9.53 Å². The number of hydrogen-bond donors (Lipinski definition) is 2. The fraction of sp³-hybridized carbons (Fsp3) is 0.188. The molecule has 0 fully saturated rings. The summed E-state index contributed by atoms with van der Waals surface area (Å²) < 4.78 is 5.51. The van der Waals surface area contributed by atoms with Crippen LogP contribution in [0.25, 0.3) is 0 Å². The molecule has 0 saturated heterocycles. The average molecular weight is 339 g/mol. The minimum atomic E-state index is -0.364. The van der Waals surface area contributed by atoms with Crippen LogP contribution in [0.1, 0.15) is 5.56 Å². The quantitative estimate of drug-likeness (QED) is 0.788. The standard InChI is InChI=1S/C16H16Cl2N2O2/c1-11-5-7-12(8-6-11)22-10-9-19-16(21)20-14-4-2-3-13(17)15(14)18/h2-8H,9-10H2,1H3,(H2,19,20,21). The van der Waals surface area contributed by atoms with Gasteiger partial charge in [0.05, 0.1) is 22.3 Å². The predicted molar refractivity (Wildman–Crippen MR) is 90.2 cm³/mol. The minimum Gasteiger partial charge on any atom is -0.492 e. The highest BCUT2D eigenvalue weighted by molar-refractivity contribution is 6.43. The van der Waals surface area contributed by atoms with Gasteiger partial charge in [-0.1, -0.05) is 47.0 Å². The monoisotopic (exact) mass is 338 g/mol. The largest absolute Gasteiger partial charge is 0.492 e. The molecule has 0 aliphatic rings. The van der Waals surface area contributed by atoms with E-state index < -0.39 is 0 Å². The molecule has 0 heterocycles. The smallest absolute Gasteiger partial charge is 0.319 e. The van der Waals surface area contributed by atoms with E-state index >= 15 is 0 Å². The van der Waals surface area contributed by atoms with Gasteiger partial charge in [0, 0.05) is 0 Å². The Morgan fingerprint density at radius 3 is 2.59 bits per heavy atom. The van der Waals surface area contributed by atoms with E-state index in [1.165, 1.54) is 5.56 Å². The number of carbonyl (C=O) groups is 1. The number of nitrogens with one attached hydrogen (secondary N) is 2. The zero-order chi connectivity index (χ0) is 15.9. The lowest BCUT2D eigenvalue weighted by molar-refractivity contribution is 0.247. The maximum Gasteiger partial charge on any atom is 0.319 e. The van der Waals surface area contributed by atoms with Gasteiger partial charge in [-0.15, -0.1) is 0 Å². The molecule has 0 aliphatic carbocycles.